The number of ether oxygens (including phenoxy) is 2. The number of carbonyl (C=O) groups is 3. The second-order valence-electron chi connectivity index (χ2n) is 6.65. The van der Waals surface area contributed by atoms with Gasteiger partial charge in [0, 0.05) is 9.35 Å². The van der Waals surface area contributed by atoms with Gasteiger partial charge in [0.2, 0.25) is 0 Å². The van der Waals surface area contributed by atoms with E-state index in [0.29, 0.717) is 26.5 Å². The van der Waals surface area contributed by atoms with Crippen LogP contribution in [-0.4, -0.2) is 31.6 Å². The summed E-state index contributed by atoms with van der Waals surface area (Å²) in [6.45, 7) is 1.72. The van der Waals surface area contributed by atoms with Crippen LogP contribution in [0, 0.1) is 5.92 Å². The summed E-state index contributed by atoms with van der Waals surface area (Å²) in [5, 5.41) is 3.16. The molecule has 1 aromatic heterocycles. The Kier molecular flexibility index (Phi) is 6.51. The number of carbonyl (C=O) groups excluding carboxylic acids is 3. The highest BCUT2D eigenvalue weighted by Crippen LogP contribution is 2.40. The number of benzene rings is 1. The Morgan fingerprint density at radius 3 is 2.71 bits per heavy atom. The van der Waals surface area contributed by atoms with Gasteiger partial charge in [-0.3, -0.25) is 4.79 Å². The van der Waals surface area contributed by atoms with E-state index in [1.807, 2.05) is 0 Å². The van der Waals surface area contributed by atoms with Gasteiger partial charge >= 0.3 is 11.9 Å². The number of anilines is 1. The maximum atomic E-state index is 12.3. The molecule has 148 valence electrons. The van der Waals surface area contributed by atoms with Crippen LogP contribution in [0.4, 0.5) is 5.00 Å². The van der Waals surface area contributed by atoms with Gasteiger partial charge in [0.1, 0.15) is 5.00 Å². The van der Waals surface area contributed by atoms with E-state index in [1.54, 1.807) is 24.3 Å². The average molecular weight is 466 g/mol. The van der Waals surface area contributed by atoms with Crippen LogP contribution in [0.5, 0.6) is 0 Å². The van der Waals surface area contributed by atoms with Crippen molar-refractivity contribution in [3.8, 4) is 0 Å². The molecule has 0 radical (unpaired) electrons. The smallest absolute Gasteiger partial charge is 0.341 e. The minimum Gasteiger partial charge on any atom is -0.465 e. The van der Waals surface area contributed by atoms with Crippen molar-refractivity contribution in [2.45, 2.75) is 26.2 Å². The van der Waals surface area contributed by atoms with E-state index in [2.05, 4.69) is 28.2 Å². The van der Waals surface area contributed by atoms with E-state index in [9.17, 15) is 14.4 Å². The molecule has 0 saturated heterocycles. The topological polar surface area (TPSA) is 81.7 Å². The van der Waals surface area contributed by atoms with Crippen molar-refractivity contribution in [3.05, 3.63) is 50.3 Å². The summed E-state index contributed by atoms with van der Waals surface area (Å²) in [5.41, 5.74) is 1.71. The predicted molar refractivity (Wildman–Crippen MR) is 110 cm³/mol. The lowest BCUT2D eigenvalue weighted by molar-refractivity contribution is -0.119. The minimum absolute atomic E-state index is 0.339. The molecule has 1 heterocycles. The molecule has 1 aliphatic rings. The van der Waals surface area contributed by atoms with Crippen LogP contribution in [0.3, 0.4) is 0 Å². The molecular formula is C20H20BrNO5S. The molecule has 3 rings (SSSR count). The van der Waals surface area contributed by atoms with Crippen molar-refractivity contribution in [1.29, 1.82) is 0 Å². The number of nitrogens with one attached hydrogen (secondary N) is 1. The lowest BCUT2D eigenvalue weighted by Crippen LogP contribution is -2.22. The Labute approximate surface area is 175 Å². The minimum atomic E-state index is -0.602. The highest BCUT2D eigenvalue weighted by atomic mass is 79.9. The fraction of sp³-hybridized carbons (Fsp3) is 0.350. The summed E-state index contributed by atoms with van der Waals surface area (Å²) < 4.78 is 10.6. The molecule has 1 unspecified atom stereocenters. The van der Waals surface area contributed by atoms with Crippen LogP contribution in [0.1, 0.15) is 44.5 Å². The van der Waals surface area contributed by atoms with Gasteiger partial charge in [-0.25, -0.2) is 9.59 Å². The second-order valence-corrected chi connectivity index (χ2v) is 8.61. The molecule has 6 nitrogen and oxygen atoms in total. The number of fused-ring (bicyclic) bond motifs is 1. The Morgan fingerprint density at radius 1 is 1.25 bits per heavy atom. The zero-order valence-electron chi connectivity index (χ0n) is 15.5. The molecule has 0 fully saturated rings. The predicted octanol–water partition coefficient (Wildman–Crippen LogP) is 4.22. The fourth-order valence-corrected chi connectivity index (χ4v) is 5.02. The first-order chi connectivity index (χ1) is 13.4. The van der Waals surface area contributed by atoms with E-state index in [1.165, 1.54) is 18.4 Å². The van der Waals surface area contributed by atoms with Gasteiger partial charge in [-0.1, -0.05) is 19.1 Å². The van der Waals surface area contributed by atoms with E-state index < -0.39 is 24.5 Å². The summed E-state index contributed by atoms with van der Waals surface area (Å²) in [5.74, 6) is -1.04. The zero-order valence-corrected chi connectivity index (χ0v) is 17.9. The Morgan fingerprint density at radius 2 is 2.00 bits per heavy atom. The van der Waals surface area contributed by atoms with Crippen molar-refractivity contribution in [3.63, 3.8) is 0 Å². The van der Waals surface area contributed by atoms with Gasteiger partial charge in [0.15, 0.2) is 6.61 Å². The number of esters is 2. The van der Waals surface area contributed by atoms with Crippen molar-refractivity contribution in [2.75, 3.05) is 19.0 Å². The molecule has 1 amide bonds. The first kappa shape index (κ1) is 20.5. The van der Waals surface area contributed by atoms with E-state index in [0.717, 1.165) is 29.7 Å². The second kappa shape index (κ2) is 8.87. The molecule has 2 aromatic rings. The molecule has 0 aliphatic heterocycles. The summed E-state index contributed by atoms with van der Waals surface area (Å²) >= 11 is 4.67. The van der Waals surface area contributed by atoms with E-state index >= 15 is 0 Å². The summed E-state index contributed by atoms with van der Waals surface area (Å²) in [6, 6.07) is 6.81. The van der Waals surface area contributed by atoms with Gasteiger partial charge in [0.25, 0.3) is 5.91 Å². The fourth-order valence-electron chi connectivity index (χ4n) is 3.16. The lowest BCUT2D eigenvalue weighted by Gasteiger charge is -2.18. The first-order valence-corrected chi connectivity index (χ1v) is 10.5. The van der Waals surface area contributed by atoms with Crippen molar-refractivity contribution < 1.29 is 23.9 Å². The number of hydrogen-bond acceptors (Lipinski definition) is 6. The van der Waals surface area contributed by atoms with Gasteiger partial charge in [-0.15, -0.1) is 11.3 Å². The highest BCUT2D eigenvalue weighted by molar-refractivity contribution is 9.10. The Hall–Kier alpha value is -2.19. The average Bonchev–Trinajstić information content (AvgIpc) is 3.02. The number of amides is 1. The quantitative estimate of drug-likeness (QED) is 0.668. The third-order valence-corrected chi connectivity index (χ3v) is 6.44. The van der Waals surface area contributed by atoms with Crippen LogP contribution in [0.25, 0.3) is 0 Å². The maximum Gasteiger partial charge on any atom is 0.341 e. The monoisotopic (exact) mass is 465 g/mol. The van der Waals surface area contributed by atoms with Gasteiger partial charge in [-0.2, -0.15) is 0 Å². The normalized spacial score (nSPS) is 15.5. The lowest BCUT2D eigenvalue weighted by atomic mass is 9.88. The van der Waals surface area contributed by atoms with Crippen LogP contribution in [-0.2, 0) is 27.1 Å². The molecule has 1 aliphatic carbocycles. The van der Waals surface area contributed by atoms with Crippen LogP contribution in [0.2, 0.25) is 0 Å². The highest BCUT2D eigenvalue weighted by Gasteiger charge is 2.29. The Balaban J connectivity index is 1.71. The summed E-state index contributed by atoms with van der Waals surface area (Å²) in [6.07, 6.45) is 2.64. The number of methoxy groups -OCH3 is 1. The zero-order chi connectivity index (χ0) is 20.3. The van der Waals surface area contributed by atoms with Crippen LogP contribution >= 0.6 is 27.3 Å². The largest absolute Gasteiger partial charge is 0.465 e. The van der Waals surface area contributed by atoms with Crippen molar-refractivity contribution >= 4 is 50.1 Å². The van der Waals surface area contributed by atoms with Crippen molar-refractivity contribution in [2.24, 2.45) is 5.92 Å². The number of halogens is 1. The SMILES string of the molecule is COC(=O)c1c(NC(=O)COC(=O)c2ccccc2Br)sc2c1CCC(C)C2. The van der Waals surface area contributed by atoms with Gasteiger partial charge in [0.05, 0.1) is 18.2 Å². The van der Waals surface area contributed by atoms with E-state index in [-0.39, 0.29) is 0 Å². The molecule has 1 aromatic carbocycles. The molecule has 8 heteroatoms. The third kappa shape index (κ3) is 4.44. The maximum absolute atomic E-state index is 12.3. The summed E-state index contributed by atoms with van der Waals surface area (Å²) in [4.78, 5) is 37.8. The van der Waals surface area contributed by atoms with E-state index in [4.69, 9.17) is 9.47 Å². The molecule has 28 heavy (non-hydrogen) atoms. The summed E-state index contributed by atoms with van der Waals surface area (Å²) in [7, 11) is 1.32. The van der Waals surface area contributed by atoms with Gasteiger partial charge < -0.3 is 14.8 Å². The van der Waals surface area contributed by atoms with Crippen molar-refractivity contribution in [1.82, 2.24) is 0 Å². The number of hydrogen-bond donors (Lipinski definition) is 1. The Bertz CT molecular complexity index is 923. The van der Waals surface area contributed by atoms with Crippen LogP contribution < -0.4 is 5.32 Å². The standard InChI is InChI=1S/C20H20BrNO5S/c1-11-7-8-13-15(9-11)28-18(17(13)20(25)26-2)22-16(23)10-27-19(24)12-5-3-4-6-14(12)21/h3-6,11H,7-10H2,1-2H3,(H,22,23). The molecular weight excluding hydrogens is 446 g/mol. The third-order valence-electron chi connectivity index (χ3n) is 4.58. The molecule has 1 N–H and O–H groups in total. The first-order valence-electron chi connectivity index (χ1n) is 8.85. The van der Waals surface area contributed by atoms with Gasteiger partial charge in [-0.05, 0) is 58.8 Å². The van der Waals surface area contributed by atoms with Crippen LogP contribution in [0.15, 0.2) is 28.7 Å². The molecule has 0 bridgehead atoms. The molecule has 0 saturated carbocycles. The number of rotatable bonds is 5. The molecule has 1 atom stereocenters. The molecule has 0 spiro atoms. The number of thiophene rings is 1.